The lowest BCUT2D eigenvalue weighted by Gasteiger charge is -2.34. The maximum Gasteiger partial charge on any atom is 0.254 e. The second kappa shape index (κ2) is 5.40. The molecule has 0 bridgehead atoms. The summed E-state index contributed by atoms with van der Waals surface area (Å²) in [4.78, 5) is 22.8. The summed E-state index contributed by atoms with van der Waals surface area (Å²) in [6.45, 7) is 2.62. The Hall–Kier alpha value is -2.24. The van der Waals surface area contributed by atoms with E-state index in [0.29, 0.717) is 11.4 Å². The van der Waals surface area contributed by atoms with Gasteiger partial charge in [-0.1, -0.05) is 0 Å². The number of pyridine rings is 1. The minimum absolute atomic E-state index is 0.0274. The molecule has 3 heterocycles. The molecule has 6 heteroatoms. The number of H-pyrrole nitrogens is 1. The molecular weight excluding hydrogens is 254 g/mol. The monoisotopic (exact) mass is 271 g/mol. The number of piperidine rings is 1. The first kappa shape index (κ1) is 12.8. The number of carbonyl (C=O) groups excluding carboxylic acids is 1. The molecule has 0 aromatic carbocycles. The fourth-order valence-electron chi connectivity index (χ4n) is 2.61. The zero-order valence-electron chi connectivity index (χ0n) is 11.4. The van der Waals surface area contributed by atoms with Crippen molar-refractivity contribution in [3.63, 3.8) is 0 Å². The molecule has 1 aliphatic rings. The summed E-state index contributed by atoms with van der Waals surface area (Å²) in [5.74, 6) is 1.52. The number of aryl methyl sites for hydroxylation is 1. The van der Waals surface area contributed by atoms with Crippen molar-refractivity contribution in [2.45, 2.75) is 32.2 Å². The Balaban J connectivity index is 1.87. The highest BCUT2D eigenvalue weighted by atomic mass is 16.2. The molecule has 1 amide bonds. The number of carbonyl (C=O) groups is 1. The Morgan fingerprint density at radius 3 is 2.85 bits per heavy atom. The summed E-state index contributed by atoms with van der Waals surface area (Å²) in [5.41, 5.74) is 0.666. The van der Waals surface area contributed by atoms with Gasteiger partial charge in [0.25, 0.3) is 5.91 Å². The van der Waals surface area contributed by atoms with Crippen molar-refractivity contribution in [2.75, 3.05) is 6.54 Å². The molecule has 1 N–H and O–H groups in total. The number of hydrogen-bond donors (Lipinski definition) is 1. The van der Waals surface area contributed by atoms with Gasteiger partial charge in [-0.25, -0.2) is 4.98 Å². The molecule has 0 aliphatic carbocycles. The predicted octanol–water partition coefficient (Wildman–Crippen LogP) is 1.88. The first-order valence-corrected chi connectivity index (χ1v) is 6.85. The molecule has 0 unspecified atom stereocenters. The third-order valence-corrected chi connectivity index (χ3v) is 3.60. The Morgan fingerprint density at radius 2 is 2.15 bits per heavy atom. The zero-order chi connectivity index (χ0) is 13.9. The number of amides is 1. The van der Waals surface area contributed by atoms with E-state index in [1.54, 1.807) is 24.5 Å². The van der Waals surface area contributed by atoms with Crippen LogP contribution < -0.4 is 0 Å². The van der Waals surface area contributed by atoms with Gasteiger partial charge in [0, 0.05) is 24.5 Å². The van der Waals surface area contributed by atoms with Gasteiger partial charge in [-0.05, 0) is 38.3 Å². The maximum atomic E-state index is 12.6. The van der Waals surface area contributed by atoms with Crippen LogP contribution in [0.5, 0.6) is 0 Å². The molecule has 3 rings (SSSR count). The average Bonchev–Trinajstić information content (AvgIpc) is 2.94. The molecule has 2 aromatic rings. The average molecular weight is 271 g/mol. The van der Waals surface area contributed by atoms with Gasteiger partial charge in [0.05, 0.1) is 6.04 Å². The summed E-state index contributed by atoms with van der Waals surface area (Å²) < 4.78 is 0. The lowest BCUT2D eigenvalue weighted by atomic mass is 10.0. The van der Waals surface area contributed by atoms with E-state index in [4.69, 9.17) is 0 Å². The molecule has 20 heavy (non-hydrogen) atoms. The van der Waals surface area contributed by atoms with E-state index in [0.717, 1.165) is 31.6 Å². The van der Waals surface area contributed by atoms with E-state index in [1.165, 1.54) is 0 Å². The van der Waals surface area contributed by atoms with Gasteiger partial charge in [0.15, 0.2) is 5.82 Å². The minimum atomic E-state index is -0.0330. The fraction of sp³-hybridized carbons (Fsp3) is 0.429. The highest BCUT2D eigenvalue weighted by Crippen LogP contribution is 2.30. The van der Waals surface area contributed by atoms with Crippen LogP contribution in [0.4, 0.5) is 0 Å². The molecule has 1 aliphatic heterocycles. The molecule has 1 fully saturated rings. The van der Waals surface area contributed by atoms with Crippen LogP contribution in [0, 0.1) is 6.92 Å². The Bertz CT molecular complexity index is 595. The van der Waals surface area contributed by atoms with Gasteiger partial charge in [-0.3, -0.25) is 14.9 Å². The minimum Gasteiger partial charge on any atom is -0.328 e. The van der Waals surface area contributed by atoms with Crippen LogP contribution in [0.25, 0.3) is 0 Å². The number of aromatic nitrogens is 4. The quantitative estimate of drug-likeness (QED) is 0.904. The van der Waals surface area contributed by atoms with E-state index < -0.39 is 0 Å². The number of nitrogens with zero attached hydrogens (tertiary/aromatic N) is 4. The van der Waals surface area contributed by atoms with Gasteiger partial charge < -0.3 is 4.90 Å². The molecule has 0 radical (unpaired) electrons. The molecule has 6 nitrogen and oxygen atoms in total. The standard InChI is InChI=1S/C14H17N5O/c1-10-16-13(18-17-10)12-4-2-3-9-19(12)14(20)11-5-7-15-8-6-11/h5-8,12H,2-4,9H2,1H3,(H,16,17,18)/t12-/m0/s1. The van der Waals surface area contributed by atoms with E-state index in [2.05, 4.69) is 20.2 Å². The van der Waals surface area contributed by atoms with Crippen molar-refractivity contribution < 1.29 is 4.79 Å². The van der Waals surface area contributed by atoms with E-state index in [1.807, 2.05) is 11.8 Å². The Morgan fingerprint density at radius 1 is 1.35 bits per heavy atom. The molecule has 2 aromatic heterocycles. The zero-order valence-corrected chi connectivity index (χ0v) is 11.4. The van der Waals surface area contributed by atoms with Gasteiger partial charge in [-0.2, -0.15) is 5.10 Å². The number of aromatic amines is 1. The van der Waals surface area contributed by atoms with Gasteiger partial charge in [0.1, 0.15) is 5.82 Å². The van der Waals surface area contributed by atoms with Gasteiger partial charge >= 0.3 is 0 Å². The number of hydrogen-bond acceptors (Lipinski definition) is 4. The largest absolute Gasteiger partial charge is 0.328 e. The topological polar surface area (TPSA) is 74.8 Å². The van der Waals surface area contributed by atoms with Crippen molar-refractivity contribution in [1.82, 2.24) is 25.1 Å². The van der Waals surface area contributed by atoms with Crippen LogP contribution in [0.2, 0.25) is 0 Å². The Labute approximate surface area is 117 Å². The van der Waals surface area contributed by atoms with Crippen molar-refractivity contribution in [1.29, 1.82) is 0 Å². The molecule has 1 atom stereocenters. The van der Waals surface area contributed by atoms with Crippen LogP contribution in [0.1, 0.15) is 47.3 Å². The SMILES string of the molecule is Cc1nc([C@@H]2CCCCN2C(=O)c2ccncc2)n[nH]1. The summed E-state index contributed by atoms with van der Waals surface area (Å²) in [7, 11) is 0. The number of rotatable bonds is 2. The summed E-state index contributed by atoms with van der Waals surface area (Å²) >= 11 is 0. The van der Waals surface area contributed by atoms with E-state index in [-0.39, 0.29) is 11.9 Å². The second-order valence-electron chi connectivity index (χ2n) is 5.03. The predicted molar refractivity (Wildman–Crippen MR) is 73.0 cm³/mol. The maximum absolute atomic E-state index is 12.6. The van der Waals surface area contributed by atoms with Crippen molar-refractivity contribution in [3.05, 3.63) is 41.7 Å². The molecule has 104 valence electrons. The highest BCUT2D eigenvalue weighted by molar-refractivity contribution is 5.94. The van der Waals surface area contributed by atoms with Crippen LogP contribution >= 0.6 is 0 Å². The molecular formula is C14H17N5O. The van der Waals surface area contributed by atoms with Crippen molar-refractivity contribution in [2.24, 2.45) is 0 Å². The molecule has 1 saturated heterocycles. The second-order valence-corrected chi connectivity index (χ2v) is 5.03. The highest BCUT2D eigenvalue weighted by Gasteiger charge is 2.31. The first-order chi connectivity index (χ1) is 9.75. The van der Waals surface area contributed by atoms with Crippen LogP contribution in [0.15, 0.2) is 24.5 Å². The lowest BCUT2D eigenvalue weighted by molar-refractivity contribution is 0.0600. The molecule has 0 spiro atoms. The third-order valence-electron chi connectivity index (χ3n) is 3.60. The summed E-state index contributed by atoms with van der Waals surface area (Å²) in [6, 6.07) is 3.46. The number of nitrogens with one attached hydrogen (secondary N) is 1. The summed E-state index contributed by atoms with van der Waals surface area (Å²) in [6.07, 6.45) is 6.31. The van der Waals surface area contributed by atoms with Crippen LogP contribution in [-0.4, -0.2) is 37.5 Å². The van der Waals surface area contributed by atoms with Crippen LogP contribution in [0.3, 0.4) is 0 Å². The van der Waals surface area contributed by atoms with E-state index in [9.17, 15) is 4.79 Å². The first-order valence-electron chi connectivity index (χ1n) is 6.85. The van der Waals surface area contributed by atoms with Crippen molar-refractivity contribution in [3.8, 4) is 0 Å². The Kier molecular flexibility index (Phi) is 3.45. The summed E-state index contributed by atoms with van der Waals surface area (Å²) in [5, 5.41) is 7.08. The van der Waals surface area contributed by atoms with E-state index >= 15 is 0 Å². The third kappa shape index (κ3) is 2.41. The lowest BCUT2D eigenvalue weighted by Crippen LogP contribution is -2.39. The van der Waals surface area contributed by atoms with Gasteiger partial charge in [-0.15, -0.1) is 0 Å². The fourth-order valence-corrected chi connectivity index (χ4v) is 2.61. The van der Waals surface area contributed by atoms with Gasteiger partial charge in [0.2, 0.25) is 0 Å². The normalized spacial score (nSPS) is 19.1. The van der Waals surface area contributed by atoms with Crippen LogP contribution in [-0.2, 0) is 0 Å². The smallest absolute Gasteiger partial charge is 0.254 e. The number of likely N-dealkylation sites (tertiary alicyclic amines) is 1. The van der Waals surface area contributed by atoms with Crippen molar-refractivity contribution >= 4 is 5.91 Å². The molecule has 0 saturated carbocycles.